The van der Waals surface area contributed by atoms with Crippen LogP contribution in [0.1, 0.15) is 13.8 Å². The molecule has 0 aliphatic rings. The fourth-order valence-corrected chi connectivity index (χ4v) is 1.17. The Kier molecular flexibility index (Phi) is 5.14. The van der Waals surface area contributed by atoms with E-state index in [9.17, 15) is 8.78 Å². The molecule has 0 radical (unpaired) electrons. The van der Waals surface area contributed by atoms with Gasteiger partial charge in [-0.05, 0) is 24.3 Å². The van der Waals surface area contributed by atoms with Crippen LogP contribution in [0.25, 0.3) is 0 Å². The highest BCUT2D eigenvalue weighted by Crippen LogP contribution is 2.24. The lowest BCUT2D eigenvalue weighted by Gasteiger charge is -2.05. The third kappa shape index (κ3) is 3.87. The van der Waals surface area contributed by atoms with Gasteiger partial charge in [0.1, 0.15) is 11.6 Å². The summed E-state index contributed by atoms with van der Waals surface area (Å²) in [6.45, 7) is 4.00. The van der Waals surface area contributed by atoms with Gasteiger partial charge in [0, 0.05) is 6.07 Å². The first-order chi connectivity index (χ1) is 8.25. The summed E-state index contributed by atoms with van der Waals surface area (Å²) in [6.07, 6.45) is 0. The van der Waals surface area contributed by atoms with Crippen molar-refractivity contribution in [1.29, 1.82) is 0 Å². The van der Waals surface area contributed by atoms with Crippen molar-refractivity contribution in [3.63, 3.8) is 0 Å². The van der Waals surface area contributed by atoms with E-state index in [1.807, 2.05) is 19.9 Å². The minimum Gasteiger partial charge on any atom is -0.454 e. The van der Waals surface area contributed by atoms with Gasteiger partial charge in [-0.2, -0.15) is 0 Å². The van der Waals surface area contributed by atoms with Crippen LogP contribution in [0.5, 0.6) is 11.5 Å². The number of hydrogen-bond acceptors (Lipinski definition) is 1. The zero-order valence-electron chi connectivity index (χ0n) is 9.78. The average Bonchev–Trinajstić information content (AvgIpc) is 2.37. The van der Waals surface area contributed by atoms with E-state index in [1.54, 1.807) is 24.3 Å². The molecule has 0 amide bonds. The summed E-state index contributed by atoms with van der Waals surface area (Å²) in [4.78, 5) is 0. The van der Waals surface area contributed by atoms with Gasteiger partial charge in [0.15, 0.2) is 11.6 Å². The average molecular weight is 236 g/mol. The monoisotopic (exact) mass is 236 g/mol. The van der Waals surface area contributed by atoms with Crippen LogP contribution in [-0.2, 0) is 0 Å². The molecule has 0 aromatic heterocycles. The van der Waals surface area contributed by atoms with Gasteiger partial charge in [0.25, 0.3) is 0 Å². The lowest BCUT2D eigenvalue weighted by molar-refractivity contribution is 0.437. The van der Waals surface area contributed by atoms with Crippen molar-refractivity contribution in [2.45, 2.75) is 13.8 Å². The predicted molar refractivity (Wildman–Crippen MR) is 64.2 cm³/mol. The van der Waals surface area contributed by atoms with Gasteiger partial charge in [-0.3, -0.25) is 0 Å². The molecule has 3 heteroatoms. The minimum absolute atomic E-state index is 0.0163. The van der Waals surface area contributed by atoms with Gasteiger partial charge in [0.05, 0.1) is 0 Å². The molecule has 0 N–H and O–H groups in total. The Balaban J connectivity index is 0.000000686. The van der Waals surface area contributed by atoms with E-state index >= 15 is 0 Å². The third-order valence-corrected chi connectivity index (χ3v) is 1.86. The summed E-state index contributed by atoms with van der Waals surface area (Å²) < 4.78 is 31.0. The fraction of sp³-hybridized carbons (Fsp3) is 0.143. The van der Waals surface area contributed by atoms with E-state index in [2.05, 4.69) is 0 Å². The van der Waals surface area contributed by atoms with Crippen molar-refractivity contribution in [2.24, 2.45) is 0 Å². The van der Waals surface area contributed by atoms with Crippen molar-refractivity contribution in [1.82, 2.24) is 0 Å². The van der Waals surface area contributed by atoms with Gasteiger partial charge < -0.3 is 4.74 Å². The van der Waals surface area contributed by atoms with Gasteiger partial charge in [-0.25, -0.2) is 8.78 Å². The maximum Gasteiger partial charge on any atom is 0.168 e. The predicted octanol–water partition coefficient (Wildman–Crippen LogP) is 4.78. The molecule has 0 saturated heterocycles. The Bertz CT molecular complexity index is 455. The number of rotatable bonds is 2. The normalized spacial score (nSPS) is 9.18. The Morgan fingerprint density at radius 2 is 1.53 bits per heavy atom. The Hall–Kier alpha value is -1.90. The van der Waals surface area contributed by atoms with Crippen LogP contribution < -0.4 is 4.74 Å². The van der Waals surface area contributed by atoms with E-state index in [-0.39, 0.29) is 5.75 Å². The summed E-state index contributed by atoms with van der Waals surface area (Å²) >= 11 is 0. The van der Waals surface area contributed by atoms with Gasteiger partial charge in [-0.1, -0.05) is 32.0 Å². The molecule has 0 heterocycles. The van der Waals surface area contributed by atoms with Gasteiger partial charge >= 0.3 is 0 Å². The first-order valence-electron chi connectivity index (χ1n) is 5.43. The second-order valence-corrected chi connectivity index (χ2v) is 2.99. The van der Waals surface area contributed by atoms with E-state index < -0.39 is 11.6 Å². The molecular formula is C14H14F2O. The Morgan fingerprint density at radius 3 is 2.12 bits per heavy atom. The first kappa shape index (κ1) is 13.2. The highest BCUT2D eigenvalue weighted by Gasteiger charge is 2.05. The summed E-state index contributed by atoms with van der Waals surface area (Å²) in [5.74, 6) is -0.794. The molecular weight excluding hydrogens is 222 g/mol. The van der Waals surface area contributed by atoms with Crippen molar-refractivity contribution in [3.8, 4) is 11.5 Å². The van der Waals surface area contributed by atoms with Crippen molar-refractivity contribution < 1.29 is 13.5 Å². The molecule has 0 bridgehead atoms. The molecule has 0 unspecified atom stereocenters. The Morgan fingerprint density at radius 1 is 0.882 bits per heavy atom. The SMILES string of the molecule is CC.Fc1ccc(Oc2ccccc2)c(F)c1. The number of halogens is 2. The molecule has 0 atom stereocenters. The van der Waals surface area contributed by atoms with Crippen LogP contribution in [0.3, 0.4) is 0 Å². The zero-order valence-corrected chi connectivity index (χ0v) is 9.78. The maximum atomic E-state index is 13.2. The molecule has 2 rings (SSSR count). The molecule has 17 heavy (non-hydrogen) atoms. The van der Waals surface area contributed by atoms with Crippen molar-refractivity contribution in [2.75, 3.05) is 0 Å². The van der Waals surface area contributed by atoms with E-state index in [4.69, 9.17) is 4.74 Å². The molecule has 0 aliphatic heterocycles. The summed E-state index contributed by atoms with van der Waals surface area (Å²) in [5.41, 5.74) is 0. The van der Waals surface area contributed by atoms with Gasteiger partial charge in [-0.15, -0.1) is 0 Å². The second kappa shape index (κ2) is 6.63. The summed E-state index contributed by atoms with van der Waals surface area (Å²) in [5, 5.41) is 0. The highest BCUT2D eigenvalue weighted by molar-refractivity contribution is 5.31. The fourth-order valence-electron chi connectivity index (χ4n) is 1.17. The molecule has 1 nitrogen and oxygen atoms in total. The summed E-state index contributed by atoms with van der Waals surface area (Å²) in [7, 11) is 0. The maximum absolute atomic E-state index is 13.2. The second-order valence-electron chi connectivity index (χ2n) is 2.99. The Labute approximate surface area is 99.7 Å². The molecule has 0 fully saturated rings. The van der Waals surface area contributed by atoms with Crippen LogP contribution in [0.2, 0.25) is 0 Å². The van der Waals surface area contributed by atoms with Crippen molar-refractivity contribution >= 4 is 0 Å². The smallest absolute Gasteiger partial charge is 0.168 e. The number of para-hydroxylation sites is 1. The molecule has 0 saturated carbocycles. The van der Waals surface area contributed by atoms with Crippen LogP contribution in [0, 0.1) is 11.6 Å². The minimum atomic E-state index is -0.709. The van der Waals surface area contributed by atoms with E-state index in [0.29, 0.717) is 5.75 Å². The van der Waals surface area contributed by atoms with Crippen molar-refractivity contribution in [3.05, 3.63) is 60.2 Å². The van der Waals surface area contributed by atoms with Crippen LogP contribution in [0.4, 0.5) is 8.78 Å². The number of hydrogen-bond donors (Lipinski definition) is 0. The van der Waals surface area contributed by atoms with E-state index in [1.165, 1.54) is 6.07 Å². The van der Waals surface area contributed by atoms with Gasteiger partial charge in [0.2, 0.25) is 0 Å². The largest absolute Gasteiger partial charge is 0.454 e. The van der Waals surface area contributed by atoms with Crippen LogP contribution >= 0.6 is 0 Å². The number of ether oxygens (including phenoxy) is 1. The number of benzene rings is 2. The third-order valence-electron chi connectivity index (χ3n) is 1.86. The molecule has 0 aliphatic carbocycles. The lowest BCUT2D eigenvalue weighted by atomic mass is 10.3. The first-order valence-corrected chi connectivity index (χ1v) is 5.43. The van der Waals surface area contributed by atoms with E-state index in [0.717, 1.165) is 12.1 Å². The quantitative estimate of drug-likeness (QED) is 0.728. The topological polar surface area (TPSA) is 9.23 Å². The molecule has 2 aromatic rings. The summed E-state index contributed by atoms with van der Waals surface area (Å²) in [6, 6.07) is 12.0. The lowest BCUT2D eigenvalue weighted by Crippen LogP contribution is -1.88. The molecule has 0 spiro atoms. The molecule has 2 aromatic carbocycles. The highest BCUT2D eigenvalue weighted by atomic mass is 19.1. The van der Waals surface area contributed by atoms with Crippen LogP contribution in [0.15, 0.2) is 48.5 Å². The zero-order chi connectivity index (χ0) is 12.7. The van der Waals surface area contributed by atoms with Crippen LogP contribution in [-0.4, -0.2) is 0 Å². The standard InChI is InChI=1S/C12H8F2O.C2H6/c13-9-6-7-12(11(14)8-9)15-10-4-2-1-3-5-10;1-2/h1-8H;1-2H3. The molecule has 90 valence electrons.